The van der Waals surface area contributed by atoms with Crippen LogP contribution in [0, 0.1) is 5.82 Å². The summed E-state index contributed by atoms with van der Waals surface area (Å²) in [5, 5.41) is 0. The van der Waals surface area contributed by atoms with Gasteiger partial charge in [0.15, 0.2) is 0 Å². The van der Waals surface area contributed by atoms with Crippen molar-refractivity contribution in [3.63, 3.8) is 0 Å². The molecule has 1 aromatic heterocycles. The molecule has 1 heterocycles. The zero-order valence-electron chi connectivity index (χ0n) is 15.7. The lowest BCUT2D eigenvalue weighted by Crippen LogP contribution is -2.30. The normalized spacial score (nSPS) is 12.1. The SMILES string of the molecule is C[C@H](c1ccc(-n2cnc3ccccc32)cc1)N(C)C(=O)c1ccccc1F. The van der Waals surface area contributed by atoms with Gasteiger partial charge in [-0.1, -0.05) is 36.4 Å². The van der Waals surface area contributed by atoms with Crippen molar-refractivity contribution < 1.29 is 9.18 Å². The molecular formula is C23H20FN3O. The van der Waals surface area contributed by atoms with Gasteiger partial charge in [-0.05, 0) is 48.9 Å². The summed E-state index contributed by atoms with van der Waals surface area (Å²) in [6.45, 7) is 1.93. The first-order chi connectivity index (χ1) is 13.6. The van der Waals surface area contributed by atoms with Crippen LogP contribution in [0.1, 0.15) is 28.9 Å². The van der Waals surface area contributed by atoms with Gasteiger partial charge < -0.3 is 4.90 Å². The fourth-order valence-corrected chi connectivity index (χ4v) is 3.30. The lowest BCUT2D eigenvalue weighted by Gasteiger charge is -2.26. The van der Waals surface area contributed by atoms with Crippen molar-refractivity contribution in [3.05, 3.63) is 96.1 Å². The average Bonchev–Trinajstić information content (AvgIpc) is 3.17. The van der Waals surface area contributed by atoms with Gasteiger partial charge in [-0.15, -0.1) is 0 Å². The Morgan fingerprint density at radius 3 is 2.43 bits per heavy atom. The number of para-hydroxylation sites is 2. The van der Waals surface area contributed by atoms with E-state index in [4.69, 9.17) is 0 Å². The van der Waals surface area contributed by atoms with Crippen LogP contribution in [0.4, 0.5) is 4.39 Å². The molecule has 1 atom stereocenters. The molecule has 0 unspecified atom stereocenters. The van der Waals surface area contributed by atoms with Crippen LogP contribution in [0.2, 0.25) is 0 Å². The second-order valence-corrected chi connectivity index (χ2v) is 6.77. The van der Waals surface area contributed by atoms with Gasteiger partial charge in [0.1, 0.15) is 12.1 Å². The zero-order chi connectivity index (χ0) is 19.7. The number of nitrogens with zero attached hydrogens (tertiary/aromatic N) is 3. The third-order valence-corrected chi connectivity index (χ3v) is 5.11. The topological polar surface area (TPSA) is 38.1 Å². The lowest BCUT2D eigenvalue weighted by molar-refractivity contribution is 0.0738. The highest BCUT2D eigenvalue weighted by molar-refractivity contribution is 5.94. The van der Waals surface area contributed by atoms with E-state index >= 15 is 0 Å². The van der Waals surface area contributed by atoms with Crippen molar-refractivity contribution in [2.45, 2.75) is 13.0 Å². The van der Waals surface area contributed by atoms with Crippen LogP contribution >= 0.6 is 0 Å². The third kappa shape index (κ3) is 3.16. The highest BCUT2D eigenvalue weighted by Crippen LogP contribution is 2.24. The van der Waals surface area contributed by atoms with Crippen LogP contribution in [0.15, 0.2) is 79.1 Å². The second kappa shape index (κ2) is 7.27. The molecule has 4 aromatic rings. The predicted molar refractivity (Wildman–Crippen MR) is 108 cm³/mol. The molecule has 140 valence electrons. The number of carbonyl (C=O) groups is 1. The molecule has 0 fully saturated rings. The zero-order valence-corrected chi connectivity index (χ0v) is 15.7. The number of benzene rings is 3. The highest BCUT2D eigenvalue weighted by atomic mass is 19.1. The number of rotatable bonds is 4. The van der Waals surface area contributed by atoms with Crippen LogP contribution in [-0.4, -0.2) is 27.4 Å². The van der Waals surface area contributed by atoms with Crippen LogP contribution in [0.25, 0.3) is 16.7 Å². The van der Waals surface area contributed by atoms with Crippen LogP contribution < -0.4 is 0 Å². The largest absolute Gasteiger partial charge is 0.335 e. The van der Waals surface area contributed by atoms with Gasteiger partial charge in [-0.3, -0.25) is 9.36 Å². The lowest BCUT2D eigenvalue weighted by atomic mass is 10.1. The maximum absolute atomic E-state index is 13.9. The fourth-order valence-electron chi connectivity index (χ4n) is 3.30. The number of amides is 1. The quantitative estimate of drug-likeness (QED) is 0.505. The van der Waals surface area contributed by atoms with E-state index in [2.05, 4.69) is 4.98 Å². The minimum absolute atomic E-state index is 0.0818. The molecule has 0 saturated heterocycles. The minimum atomic E-state index is -0.506. The van der Waals surface area contributed by atoms with E-state index in [0.29, 0.717) is 0 Å². The Hall–Kier alpha value is -3.47. The number of hydrogen-bond acceptors (Lipinski definition) is 2. The first-order valence-electron chi connectivity index (χ1n) is 9.10. The van der Waals surface area contributed by atoms with E-state index in [9.17, 15) is 9.18 Å². The standard InChI is InChI=1S/C23H20FN3O/c1-16(26(2)23(28)19-7-3-4-8-20(19)24)17-11-13-18(14-12-17)27-15-25-21-9-5-6-10-22(21)27/h3-16H,1-2H3/t16-/m1/s1. The number of halogens is 1. The van der Waals surface area contributed by atoms with Crippen molar-refractivity contribution in [1.82, 2.24) is 14.5 Å². The summed E-state index contributed by atoms with van der Waals surface area (Å²) >= 11 is 0. The van der Waals surface area contributed by atoms with Gasteiger partial charge in [-0.25, -0.2) is 9.37 Å². The molecule has 5 heteroatoms. The maximum Gasteiger partial charge on any atom is 0.257 e. The molecule has 0 aliphatic heterocycles. The van der Waals surface area contributed by atoms with Gasteiger partial charge in [-0.2, -0.15) is 0 Å². The fraction of sp³-hybridized carbons (Fsp3) is 0.130. The van der Waals surface area contributed by atoms with Gasteiger partial charge >= 0.3 is 0 Å². The van der Waals surface area contributed by atoms with Gasteiger partial charge in [0.05, 0.1) is 22.6 Å². The molecule has 28 heavy (non-hydrogen) atoms. The average molecular weight is 373 g/mol. The molecule has 4 rings (SSSR count). The van der Waals surface area contributed by atoms with E-state index in [0.717, 1.165) is 22.3 Å². The molecule has 0 aliphatic rings. The Morgan fingerprint density at radius 2 is 1.68 bits per heavy atom. The molecule has 0 bridgehead atoms. The van der Waals surface area contributed by atoms with Crippen molar-refractivity contribution >= 4 is 16.9 Å². The van der Waals surface area contributed by atoms with Crippen molar-refractivity contribution in [3.8, 4) is 5.69 Å². The smallest absolute Gasteiger partial charge is 0.257 e. The van der Waals surface area contributed by atoms with E-state index in [1.54, 1.807) is 30.4 Å². The van der Waals surface area contributed by atoms with Crippen LogP contribution in [0.5, 0.6) is 0 Å². The van der Waals surface area contributed by atoms with E-state index < -0.39 is 5.82 Å². The number of hydrogen-bond donors (Lipinski definition) is 0. The number of imidazole rings is 1. The maximum atomic E-state index is 13.9. The predicted octanol–water partition coefficient (Wildman–Crippen LogP) is 5.00. The van der Waals surface area contributed by atoms with Gasteiger partial charge in [0, 0.05) is 12.7 Å². The summed E-state index contributed by atoms with van der Waals surface area (Å²) in [6, 6.07) is 21.8. The molecule has 0 aliphatic carbocycles. The van der Waals surface area contributed by atoms with Crippen molar-refractivity contribution in [2.24, 2.45) is 0 Å². The molecular weight excluding hydrogens is 353 g/mol. The molecule has 4 nitrogen and oxygen atoms in total. The summed E-state index contributed by atoms with van der Waals surface area (Å²) in [7, 11) is 1.69. The number of carbonyl (C=O) groups excluding carboxylic acids is 1. The number of fused-ring (bicyclic) bond motifs is 1. The minimum Gasteiger partial charge on any atom is -0.335 e. The van der Waals surface area contributed by atoms with Gasteiger partial charge in [0.25, 0.3) is 5.91 Å². The van der Waals surface area contributed by atoms with Gasteiger partial charge in [0.2, 0.25) is 0 Å². The number of aromatic nitrogens is 2. The Kier molecular flexibility index (Phi) is 4.65. The Balaban J connectivity index is 1.58. The molecule has 0 radical (unpaired) electrons. The van der Waals surface area contributed by atoms with E-state index in [1.807, 2.05) is 60.0 Å². The monoisotopic (exact) mass is 373 g/mol. The first-order valence-corrected chi connectivity index (χ1v) is 9.10. The highest BCUT2D eigenvalue weighted by Gasteiger charge is 2.21. The first kappa shape index (κ1) is 17.9. The van der Waals surface area contributed by atoms with Crippen molar-refractivity contribution in [1.29, 1.82) is 0 Å². The molecule has 0 spiro atoms. The molecule has 0 saturated carbocycles. The molecule has 1 amide bonds. The van der Waals surface area contributed by atoms with Crippen LogP contribution in [-0.2, 0) is 0 Å². The van der Waals surface area contributed by atoms with Crippen LogP contribution in [0.3, 0.4) is 0 Å². The summed E-state index contributed by atoms with van der Waals surface area (Å²) in [5.41, 5.74) is 4.02. The summed E-state index contributed by atoms with van der Waals surface area (Å²) in [4.78, 5) is 18.6. The summed E-state index contributed by atoms with van der Waals surface area (Å²) in [6.07, 6.45) is 1.80. The summed E-state index contributed by atoms with van der Waals surface area (Å²) in [5.74, 6) is -0.843. The van der Waals surface area contributed by atoms with E-state index in [-0.39, 0.29) is 17.5 Å². The molecule has 0 N–H and O–H groups in total. The second-order valence-electron chi connectivity index (χ2n) is 6.77. The Labute approximate surface area is 162 Å². The Morgan fingerprint density at radius 1 is 1.00 bits per heavy atom. The summed E-state index contributed by atoms with van der Waals surface area (Å²) < 4.78 is 16.0. The Bertz CT molecular complexity index is 1130. The van der Waals surface area contributed by atoms with Crippen molar-refractivity contribution in [2.75, 3.05) is 7.05 Å². The third-order valence-electron chi connectivity index (χ3n) is 5.11. The molecule has 3 aromatic carbocycles. The van der Waals surface area contributed by atoms with E-state index in [1.165, 1.54) is 12.1 Å².